The Morgan fingerprint density at radius 3 is 2.59 bits per heavy atom. The minimum atomic E-state index is -1.51. The molecule has 2 heterocycles. The van der Waals surface area contributed by atoms with Crippen LogP contribution in [-0.2, 0) is 10.2 Å². The highest BCUT2D eigenvalue weighted by Crippen LogP contribution is 2.39. The Morgan fingerprint density at radius 2 is 2.00 bits per heavy atom. The van der Waals surface area contributed by atoms with E-state index in [0.29, 0.717) is 17.7 Å². The van der Waals surface area contributed by atoms with Crippen LogP contribution in [0.1, 0.15) is 17.0 Å². The van der Waals surface area contributed by atoms with Crippen molar-refractivity contribution < 1.29 is 4.42 Å². The van der Waals surface area contributed by atoms with E-state index in [1.165, 1.54) is 6.07 Å². The van der Waals surface area contributed by atoms with Crippen molar-refractivity contribution >= 4 is 46.4 Å². The highest BCUT2D eigenvalue weighted by molar-refractivity contribution is 6.66. The summed E-state index contributed by atoms with van der Waals surface area (Å²) in [5.41, 5.74) is 1.18. The number of hydrogen-bond donors (Lipinski definition) is 0. The van der Waals surface area contributed by atoms with E-state index in [1.54, 1.807) is 18.4 Å². The van der Waals surface area contributed by atoms with E-state index in [2.05, 4.69) is 4.98 Å². The molecule has 0 amide bonds. The van der Waals surface area contributed by atoms with Gasteiger partial charge < -0.3 is 4.42 Å². The van der Waals surface area contributed by atoms with Crippen LogP contribution in [0.25, 0.3) is 0 Å². The van der Waals surface area contributed by atoms with Gasteiger partial charge in [0.2, 0.25) is 3.79 Å². The summed E-state index contributed by atoms with van der Waals surface area (Å²) in [5.74, 6) is 0.773. The van der Waals surface area contributed by atoms with Crippen LogP contribution >= 0.6 is 46.4 Å². The molecule has 0 spiro atoms. The fourth-order valence-corrected chi connectivity index (χ4v) is 1.95. The molecule has 0 N–H and O–H groups in total. The zero-order valence-electron chi connectivity index (χ0n) is 8.46. The first-order valence-corrected chi connectivity index (χ1v) is 6.22. The summed E-state index contributed by atoms with van der Waals surface area (Å²) in [6.07, 6.45) is 2.09. The third-order valence-electron chi connectivity index (χ3n) is 2.11. The van der Waals surface area contributed by atoms with Crippen molar-refractivity contribution in [1.82, 2.24) is 4.98 Å². The molecule has 2 rings (SSSR count). The molecular weight excluding hydrogens is 304 g/mol. The lowest BCUT2D eigenvalue weighted by atomic mass is 10.2. The average Bonchev–Trinajstić information content (AvgIpc) is 2.68. The third kappa shape index (κ3) is 3.52. The van der Waals surface area contributed by atoms with Crippen molar-refractivity contribution in [2.75, 3.05) is 0 Å². The molecule has 90 valence electrons. The van der Waals surface area contributed by atoms with Gasteiger partial charge in [-0.05, 0) is 24.3 Å². The summed E-state index contributed by atoms with van der Waals surface area (Å²) in [6, 6.07) is 6.87. The molecule has 0 atom stereocenters. The van der Waals surface area contributed by atoms with Crippen LogP contribution in [0, 0.1) is 0 Å². The number of hydrogen-bond acceptors (Lipinski definition) is 2. The van der Waals surface area contributed by atoms with E-state index in [1.807, 2.05) is 6.07 Å². The van der Waals surface area contributed by atoms with Crippen molar-refractivity contribution in [3.05, 3.63) is 52.7 Å². The second kappa shape index (κ2) is 5.07. The Hall–Kier alpha value is -0.410. The molecule has 0 aromatic carbocycles. The number of aromatic nitrogens is 1. The van der Waals surface area contributed by atoms with Crippen LogP contribution < -0.4 is 0 Å². The predicted molar refractivity (Wildman–Crippen MR) is 70.0 cm³/mol. The SMILES string of the molecule is Clc1cc(C(Cl)(Cl)Cl)cc(Cc2ccco2)n1. The molecule has 0 saturated carbocycles. The molecule has 2 aromatic rings. The Labute approximate surface area is 118 Å². The Morgan fingerprint density at radius 1 is 1.24 bits per heavy atom. The molecule has 17 heavy (non-hydrogen) atoms. The maximum atomic E-state index is 5.88. The molecule has 0 aliphatic rings. The molecule has 0 radical (unpaired) electrons. The first-order valence-electron chi connectivity index (χ1n) is 4.71. The quantitative estimate of drug-likeness (QED) is 0.591. The van der Waals surface area contributed by atoms with Gasteiger partial charge in [0, 0.05) is 12.0 Å². The lowest BCUT2D eigenvalue weighted by Gasteiger charge is -2.12. The van der Waals surface area contributed by atoms with E-state index >= 15 is 0 Å². The molecule has 0 saturated heterocycles. The van der Waals surface area contributed by atoms with Gasteiger partial charge in [-0.25, -0.2) is 4.98 Å². The second-order valence-electron chi connectivity index (χ2n) is 3.42. The third-order valence-corrected chi connectivity index (χ3v) is 2.96. The average molecular weight is 311 g/mol. The number of pyridine rings is 1. The number of nitrogens with zero attached hydrogens (tertiary/aromatic N) is 1. The monoisotopic (exact) mass is 309 g/mol. The van der Waals surface area contributed by atoms with Crippen molar-refractivity contribution in [1.29, 1.82) is 0 Å². The number of alkyl halides is 3. The normalized spacial score (nSPS) is 11.8. The van der Waals surface area contributed by atoms with Gasteiger partial charge in [0.1, 0.15) is 10.9 Å². The molecule has 0 aliphatic carbocycles. The number of rotatable bonds is 2. The number of furan rings is 1. The zero-order chi connectivity index (χ0) is 12.5. The Balaban J connectivity index is 2.32. The van der Waals surface area contributed by atoms with E-state index in [-0.39, 0.29) is 5.15 Å². The van der Waals surface area contributed by atoms with E-state index in [9.17, 15) is 0 Å². The molecule has 6 heteroatoms. The zero-order valence-corrected chi connectivity index (χ0v) is 11.5. The van der Waals surface area contributed by atoms with Crippen molar-refractivity contribution in [3.8, 4) is 0 Å². The smallest absolute Gasteiger partial charge is 0.216 e. The summed E-state index contributed by atoms with van der Waals surface area (Å²) in [5, 5.41) is 0.287. The highest BCUT2D eigenvalue weighted by atomic mass is 35.6. The van der Waals surface area contributed by atoms with Gasteiger partial charge in [0.25, 0.3) is 0 Å². The standard InChI is InChI=1S/C11H7Cl4NO/c12-10-5-7(11(13,14)15)4-8(16-10)6-9-2-1-3-17-9/h1-5H,6H2. The van der Waals surface area contributed by atoms with E-state index < -0.39 is 3.79 Å². The topological polar surface area (TPSA) is 26.0 Å². The Kier molecular flexibility index (Phi) is 3.88. The summed E-state index contributed by atoms with van der Waals surface area (Å²) in [6.45, 7) is 0. The van der Waals surface area contributed by atoms with Crippen LogP contribution in [0.2, 0.25) is 5.15 Å². The van der Waals surface area contributed by atoms with Crippen LogP contribution in [0.5, 0.6) is 0 Å². The predicted octanol–water partition coefficient (Wildman–Crippen LogP) is 4.75. The molecule has 2 nitrogen and oxygen atoms in total. The van der Waals surface area contributed by atoms with Crippen LogP contribution in [0.15, 0.2) is 34.9 Å². The van der Waals surface area contributed by atoms with Crippen LogP contribution in [0.4, 0.5) is 0 Å². The second-order valence-corrected chi connectivity index (χ2v) is 6.09. The van der Waals surface area contributed by atoms with Gasteiger partial charge in [0.05, 0.1) is 12.0 Å². The molecular formula is C11H7Cl4NO. The van der Waals surface area contributed by atoms with Crippen molar-refractivity contribution in [2.45, 2.75) is 10.2 Å². The summed E-state index contributed by atoms with van der Waals surface area (Å²) >= 11 is 23.3. The molecule has 2 aromatic heterocycles. The fourth-order valence-electron chi connectivity index (χ4n) is 1.40. The van der Waals surface area contributed by atoms with Gasteiger partial charge in [-0.3, -0.25) is 0 Å². The van der Waals surface area contributed by atoms with E-state index in [0.717, 1.165) is 5.76 Å². The van der Waals surface area contributed by atoms with Crippen molar-refractivity contribution in [2.24, 2.45) is 0 Å². The van der Waals surface area contributed by atoms with Gasteiger partial charge in [-0.1, -0.05) is 46.4 Å². The summed E-state index contributed by atoms with van der Waals surface area (Å²) in [4.78, 5) is 4.15. The van der Waals surface area contributed by atoms with Gasteiger partial charge >= 0.3 is 0 Å². The molecule has 0 aliphatic heterocycles. The van der Waals surface area contributed by atoms with Crippen LogP contribution in [-0.4, -0.2) is 4.98 Å². The lowest BCUT2D eigenvalue weighted by molar-refractivity contribution is 0.519. The maximum Gasteiger partial charge on any atom is 0.216 e. The van der Waals surface area contributed by atoms with Gasteiger partial charge in [0.15, 0.2) is 0 Å². The van der Waals surface area contributed by atoms with Crippen molar-refractivity contribution in [3.63, 3.8) is 0 Å². The fraction of sp³-hybridized carbons (Fsp3) is 0.182. The first kappa shape index (κ1) is 13.0. The van der Waals surface area contributed by atoms with E-state index in [4.69, 9.17) is 50.8 Å². The summed E-state index contributed by atoms with van der Waals surface area (Å²) < 4.78 is 3.71. The number of halogens is 4. The lowest BCUT2D eigenvalue weighted by Crippen LogP contribution is -2.03. The molecule has 0 bridgehead atoms. The maximum absolute atomic E-state index is 5.88. The Bertz CT molecular complexity index is 505. The van der Waals surface area contributed by atoms with Gasteiger partial charge in [-0.15, -0.1) is 0 Å². The molecule has 0 fully saturated rings. The first-order chi connectivity index (χ1) is 7.95. The van der Waals surface area contributed by atoms with Crippen LogP contribution in [0.3, 0.4) is 0 Å². The minimum Gasteiger partial charge on any atom is -0.469 e. The van der Waals surface area contributed by atoms with Gasteiger partial charge in [-0.2, -0.15) is 0 Å². The highest BCUT2D eigenvalue weighted by Gasteiger charge is 2.24. The molecule has 0 unspecified atom stereocenters. The minimum absolute atomic E-state index is 0.287. The largest absolute Gasteiger partial charge is 0.469 e. The summed E-state index contributed by atoms with van der Waals surface area (Å²) in [7, 11) is 0.